The van der Waals surface area contributed by atoms with Gasteiger partial charge >= 0.3 is 5.97 Å². The topological polar surface area (TPSA) is 55.8 Å². The van der Waals surface area contributed by atoms with Crippen LogP contribution >= 0.6 is 0 Å². The molecule has 2 rings (SSSR count). The molecule has 1 N–H and O–H groups in total. The molecule has 2 saturated heterocycles. The third-order valence-corrected chi connectivity index (χ3v) is 5.70. The van der Waals surface area contributed by atoms with E-state index in [9.17, 15) is 9.90 Å². The Kier molecular flexibility index (Phi) is 9.85. The largest absolute Gasteiger partial charge is 0.460 e. The molecule has 4 heteroatoms. The van der Waals surface area contributed by atoms with Gasteiger partial charge in [0.25, 0.3) is 0 Å². The minimum absolute atomic E-state index is 0.00110. The summed E-state index contributed by atoms with van der Waals surface area (Å²) in [7, 11) is 0. The lowest BCUT2D eigenvalue weighted by Crippen LogP contribution is -2.30. The molecular formula is C21H38O4. The lowest BCUT2D eigenvalue weighted by molar-refractivity contribution is -0.148. The van der Waals surface area contributed by atoms with Crippen molar-refractivity contribution in [1.82, 2.24) is 0 Å². The Morgan fingerprint density at radius 2 is 1.56 bits per heavy atom. The molecule has 0 spiro atoms. The number of esters is 1. The number of ether oxygens (including phenoxy) is 2. The number of cyclic esters (lactones) is 1. The average Bonchev–Trinajstić information content (AvgIpc) is 3.25. The predicted octanol–water partition coefficient (Wildman–Crippen LogP) is 4.91. The van der Waals surface area contributed by atoms with Crippen molar-refractivity contribution in [2.75, 3.05) is 0 Å². The number of aliphatic hydroxyl groups is 1. The van der Waals surface area contributed by atoms with E-state index in [-0.39, 0.29) is 30.4 Å². The Hall–Kier alpha value is -0.610. The molecule has 0 aromatic rings. The first kappa shape index (κ1) is 20.7. The lowest BCUT2D eigenvalue weighted by Gasteiger charge is -2.21. The fourth-order valence-electron chi connectivity index (χ4n) is 4.08. The molecule has 4 nitrogen and oxygen atoms in total. The Morgan fingerprint density at radius 1 is 0.920 bits per heavy atom. The maximum atomic E-state index is 11.2. The molecule has 4 atom stereocenters. The monoisotopic (exact) mass is 354 g/mol. The summed E-state index contributed by atoms with van der Waals surface area (Å²) < 4.78 is 11.3. The van der Waals surface area contributed by atoms with Crippen molar-refractivity contribution in [1.29, 1.82) is 0 Å². The van der Waals surface area contributed by atoms with Gasteiger partial charge < -0.3 is 14.6 Å². The van der Waals surface area contributed by atoms with E-state index in [4.69, 9.17) is 9.47 Å². The summed E-state index contributed by atoms with van der Waals surface area (Å²) >= 11 is 0. The van der Waals surface area contributed by atoms with Crippen LogP contribution in [0.4, 0.5) is 0 Å². The minimum Gasteiger partial charge on any atom is -0.460 e. The van der Waals surface area contributed by atoms with Crippen LogP contribution in [0.15, 0.2) is 0 Å². The summed E-state index contributed by atoms with van der Waals surface area (Å²) in [5.74, 6) is -0.108. The molecule has 2 heterocycles. The molecule has 2 aliphatic heterocycles. The third-order valence-electron chi connectivity index (χ3n) is 5.70. The van der Waals surface area contributed by atoms with Crippen molar-refractivity contribution in [3.63, 3.8) is 0 Å². The second-order valence-electron chi connectivity index (χ2n) is 7.90. The SMILES string of the molecule is CCCCCCCCCCCC[C@@H](O)[C@H]1CC[C@H]([C@H]2CCC(=O)O2)O1. The van der Waals surface area contributed by atoms with Crippen LogP contribution in [0.2, 0.25) is 0 Å². The summed E-state index contributed by atoms with van der Waals surface area (Å²) in [6, 6.07) is 0. The Morgan fingerprint density at radius 3 is 2.16 bits per heavy atom. The number of carbonyl (C=O) groups excluding carboxylic acids is 1. The van der Waals surface area contributed by atoms with Gasteiger partial charge in [-0.25, -0.2) is 0 Å². The van der Waals surface area contributed by atoms with Crippen LogP contribution in [0, 0.1) is 0 Å². The normalized spacial score (nSPS) is 27.6. The van der Waals surface area contributed by atoms with Gasteiger partial charge in [0.2, 0.25) is 0 Å². The number of hydrogen-bond donors (Lipinski definition) is 1. The van der Waals surface area contributed by atoms with Gasteiger partial charge in [-0.05, 0) is 25.7 Å². The summed E-state index contributed by atoms with van der Waals surface area (Å²) in [6.45, 7) is 2.26. The van der Waals surface area contributed by atoms with Crippen molar-refractivity contribution < 1.29 is 19.4 Å². The zero-order valence-corrected chi connectivity index (χ0v) is 16.1. The zero-order valence-electron chi connectivity index (χ0n) is 16.1. The molecule has 0 bridgehead atoms. The number of aliphatic hydroxyl groups excluding tert-OH is 1. The van der Waals surface area contributed by atoms with Crippen LogP contribution in [0.3, 0.4) is 0 Å². The highest BCUT2D eigenvalue weighted by molar-refractivity contribution is 5.71. The van der Waals surface area contributed by atoms with E-state index in [0.29, 0.717) is 6.42 Å². The van der Waals surface area contributed by atoms with E-state index in [1.165, 1.54) is 57.8 Å². The average molecular weight is 355 g/mol. The molecule has 2 aliphatic rings. The maximum absolute atomic E-state index is 11.2. The van der Waals surface area contributed by atoms with Crippen LogP contribution in [0.5, 0.6) is 0 Å². The van der Waals surface area contributed by atoms with Crippen molar-refractivity contribution in [2.45, 2.75) is 128 Å². The Bertz CT molecular complexity index is 371. The van der Waals surface area contributed by atoms with E-state index >= 15 is 0 Å². The number of unbranched alkanes of at least 4 members (excludes halogenated alkanes) is 9. The van der Waals surface area contributed by atoms with Gasteiger partial charge in [0, 0.05) is 6.42 Å². The molecule has 25 heavy (non-hydrogen) atoms. The summed E-state index contributed by atoms with van der Waals surface area (Å²) in [5, 5.41) is 10.4. The van der Waals surface area contributed by atoms with E-state index in [0.717, 1.165) is 32.1 Å². The first-order valence-corrected chi connectivity index (χ1v) is 10.7. The lowest BCUT2D eigenvalue weighted by atomic mass is 10.0. The van der Waals surface area contributed by atoms with E-state index in [2.05, 4.69) is 6.92 Å². The van der Waals surface area contributed by atoms with E-state index in [1.807, 2.05) is 0 Å². The molecular weight excluding hydrogens is 316 g/mol. The van der Waals surface area contributed by atoms with Gasteiger partial charge in [0.05, 0.1) is 18.3 Å². The van der Waals surface area contributed by atoms with Crippen LogP contribution < -0.4 is 0 Å². The highest BCUT2D eigenvalue weighted by Gasteiger charge is 2.39. The zero-order chi connectivity index (χ0) is 17.9. The van der Waals surface area contributed by atoms with Gasteiger partial charge in [-0.1, -0.05) is 71.1 Å². The molecule has 2 fully saturated rings. The summed E-state index contributed by atoms with van der Waals surface area (Å²) in [4.78, 5) is 11.2. The quantitative estimate of drug-likeness (QED) is 0.377. The van der Waals surface area contributed by atoms with E-state index in [1.54, 1.807) is 0 Å². The van der Waals surface area contributed by atoms with Crippen molar-refractivity contribution in [3.05, 3.63) is 0 Å². The molecule has 0 aromatic heterocycles. The van der Waals surface area contributed by atoms with Crippen LogP contribution in [-0.4, -0.2) is 35.5 Å². The molecule has 0 aromatic carbocycles. The highest BCUT2D eigenvalue weighted by Crippen LogP contribution is 2.31. The van der Waals surface area contributed by atoms with Crippen LogP contribution in [0.1, 0.15) is 103 Å². The highest BCUT2D eigenvalue weighted by atomic mass is 16.6. The number of hydrogen-bond acceptors (Lipinski definition) is 4. The van der Waals surface area contributed by atoms with Gasteiger partial charge in [0.15, 0.2) is 0 Å². The van der Waals surface area contributed by atoms with Crippen molar-refractivity contribution in [3.8, 4) is 0 Å². The molecule has 0 radical (unpaired) electrons. The molecule has 0 unspecified atom stereocenters. The van der Waals surface area contributed by atoms with Gasteiger partial charge in [-0.15, -0.1) is 0 Å². The standard InChI is InChI=1S/C21H38O4/c1-2-3-4-5-6-7-8-9-10-11-12-17(22)18-13-14-19(24-18)20-15-16-21(23)25-20/h17-20,22H,2-16H2,1H3/t17-,18-,19-,20-/m1/s1. The van der Waals surface area contributed by atoms with E-state index < -0.39 is 0 Å². The number of rotatable bonds is 13. The Labute approximate surface area is 153 Å². The smallest absolute Gasteiger partial charge is 0.306 e. The molecule has 0 saturated carbocycles. The van der Waals surface area contributed by atoms with Crippen LogP contribution in [0.25, 0.3) is 0 Å². The first-order valence-electron chi connectivity index (χ1n) is 10.7. The van der Waals surface area contributed by atoms with Gasteiger partial charge in [0.1, 0.15) is 6.10 Å². The van der Waals surface area contributed by atoms with Gasteiger partial charge in [-0.2, -0.15) is 0 Å². The minimum atomic E-state index is -0.365. The molecule has 146 valence electrons. The number of carbonyl (C=O) groups is 1. The fourth-order valence-corrected chi connectivity index (χ4v) is 4.08. The molecule has 0 amide bonds. The Balaban J connectivity index is 1.45. The third kappa shape index (κ3) is 7.65. The fraction of sp³-hybridized carbons (Fsp3) is 0.952. The second kappa shape index (κ2) is 11.9. The van der Waals surface area contributed by atoms with Crippen molar-refractivity contribution in [2.24, 2.45) is 0 Å². The maximum Gasteiger partial charge on any atom is 0.306 e. The van der Waals surface area contributed by atoms with Crippen LogP contribution in [-0.2, 0) is 14.3 Å². The van der Waals surface area contributed by atoms with Crippen molar-refractivity contribution >= 4 is 5.97 Å². The predicted molar refractivity (Wildman–Crippen MR) is 99.5 cm³/mol. The summed E-state index contributed by atoms with van der Waals surface area (Å²) in [6.07, 6.45) is 16.5. The molecule has 0 aliphatic carbocycles. The van der Waals surface area contributed by atoms with Gasteiger partial charge in [-0.3, -0.25) is 4.79 Å². The first-order chi connectivity index (χ1) is 12.2. The second-order valence-corrected chi connectivity index (χ2v) is 7.90. The summed E-state index contributed by atoms with van der Waals surface area (Å²) in [5.41, 5.74) is 0.